The molecular weight excluding hydrogens is 344 g/mol. The molecule has 2 rings (SSSR count). The quantitative estimate of drug-likeness (QED) is 0.801. The number of rotatable bonds is 5. The Kier molecular flexibility index (Phi) is 6.25. The van der Waals surface area contributed by atoms with Crippen molar-refractivity contribution in [3.8, 4) is 11.5 Å². The first-order chi connectivity index (χ1) is 11.9. The predicted octanol–water partition coefficient (Wildman–Crippen LogP) is 3.17. The van der Waals surface area contributed by atoms with Gasteiger partial charge in [-0.1, -0.05) is 11.6 Å². The van der Waals surface area contributed by atoms with Crippen molar-refractivity contribution in [3.05, 3.63) is 53.1 Å². The molecule has 2 amide bonds. The summed E-state index contributed by atoms with van der Waals surface area (Å²) in [5.41, 5.74) is 1.22. The maximum Gasteiger partial charge on any atom is 0.313 e. The van der Waals surface area contributed by atoms with Crippen LogP contribution in [0.2, 0.25) is 5.02 Å². The summed E-state index contributed by atoms with van der Waals surface area (Å²) in [6.45, 7) is 1.76. The Hall–Kier alpha value is -2.73. The van der Waals surface area contributed by atoms with Gasteiger partial charge in [0.05, 0.1) is 20.3 Å². The number of hydrogen-bond acceptors (Lipinski definition) is 4. The molecule has 0 radical (unpaired) electrons. The lowest BCUT2D eigenvalue weighted by Crippen LogP contribution is -2.37. The van der Waals surface area contributed by atoms with E-state index in [1.54, 1.807) is 56.5 Å². The van der Waals surface area contributed by atoms with Crippen molar-refractivity contribution in [2.45, 2.75) is 13.0 Å². The van der Waals surface area contributed by atoms with Gasteiger partial charge in [0.1, 0.15) is 11.5 Å². The van der Waals surface area contributed by atoms with E-state index >= 15 is 0 Å². The van der Waals surface area contributed by atoms with Crippen LogP contribution in [0.25, 0.3) is 0 Å². The smallest absolute Gasteiger partial charge is 0.313 e. The molecule has 132 valence electrons. The Morgan fingerprint density at radius 2 is 1.68 bits per heavy atom. The van der Waals surface area contributed by atoms with Crippen LogP contribution < -0.4 is 20.1 Å². The molecule has 0 saturated carbocycles. The summed E-state index contributed by atoms with van der Waals surface area (Å²) in [7, 11) is 3.08. The van der Waals surface area contributed by atoms with Crippen LogP contribution in [0.1, 0.15) is 18.5 Å². The number of methoxy groups -OCH3 is 2. The van der Waals surface area contributed by atoms with Gasteiger partial charge in [0.15, 0.2) is 0 Å². The molecule has 1 atom stereocenters. The van der Waals surface area contributed by atoms with Crippen molar-refractivity contribution >= 4 is 29.1 Å². The van der Waals surface area contributed by atoms with Crippen LogP contribution in [0.15, 0.2) is 42.5 Å². The summed E-state index contributed by atoms with van der Waals surface area (Å²) in [6, 6.07) is 11.3. The van der Waals surface area contributed by atoms with Gasteiger partial charge < -0.3 is 20.1 Å². The van der Waals surface area contributed by atoms with Gasteiger partial charge in [-0.25, -0.2) is 0 Å². The van der Waals surface area contributed by atoms with Gasteiger partial charge in [0.25, 0.3) is 0 Å². The van der Waals surface area contributed by atoms with E-state index < -0.39 is 17.9 Å². The van der Waals surface area contributed by atoms with Crippen LogP contribution in [-0.2, 0) is 9.59 Å². The Labute approximate surface area is 151 Å². The number of nitrogens with one attached hydrogen (secondary N) is 2. The molecule has 0 spiro atoms. The van der Waals surface area contributed by atoms with Crippen LogP contribution >= 0.6 is 11.6 Å². The van der Waals surface area contributed by atoms with Crippen LogP contribution in [0.5, 0.6) is 11.5 Å². The first-order valence-corrected chi connectivity index (χ1v) is 7.91. The highest BCUT2D eigenvalue weighted by Crippen LogP contribution is 2.29. The second-order valence-corrected chi connectivity index (χ2v) is 5.70. The van der Waals surface area contributed by atoms with Crippen LogP contribution in [0.4, 0.5) is 5.69 Å². The fraction of sp³-hybridized carbons (Fsp3) is 0.222. The fourth-order valence-electron chi connectivity index (χ4n) is 2.24. The minimum absolute atomic E-state index is 0.427. The van der Waals surface area contributed by atoms with E-state index in [0.29, 0.717) is 22.2 Å². The third kappa shape index (κ3) is 4.87. The highest BCUT2D eigenvalue weighted by atomic mass is 35.5. The third-order valence-electron chi connectivity index (χ3n) is 3.56. The standard InChI is InChI=1S/C18H19ClN2O4/c1-11(15-9-8-14(24-2)10-16(15)25-3)20-17(22)18(23)21-13-6-4-12(19)5-7-13/h4-11H,1-3H3,(H,20,22)(H,21,23). The summed E-state index contributed by atoms with van der Waals surface area (Å²) in [6.07, 6.45) is 0. The Morgan fingerprint density at radius 1 is 1.00 bits per heavy atom. The zero-order chi connectivity index (χ0) is 18.4. The first kappa shape index (κ1) is 18.6. The number of halogens is 1. The predicted molar refractivity (Wildman–Crippen MR) is 96.2 cm³/mol. The summed E-state index contributed by atoms with van der Waals surface area (Å²) in [5, 5.41) is 5.70. The van der Waals surface area contributed by atoms with Crippen molar-refractivity contribution < 1.29 is 19.1 Å². The zero-order valence-corrected chi connectivity index (χ0v) is 14.9. The van der Waals surface area contributed by atoms with Gasteiger partial charge in [0, 0.05) is 22.3 Å². The molecule has 1 unspecified atom stereocenters. The molecule has 0 saturated heterocycles. The van der Waals surface area contributed by atoms with Crippen LogP contribution in [0, 0.1) is 0 Å². The van der Waals surface area contributed by atoms with E-state index in [4.69, 9.17) is 21.1 Å². The maximum absolute atomic E-state index is 12.1. The Bertz CT molecular complexity index is 762. The lowest BCUT2D eigenvalue weighted by molar-refractivity contribution is -0.136. The number of hydrogen-bond donors (Lipinski definition) is 2. The van der Waals surface area contributed by atoms with Crippen molar-refractivity contribution in [2.75, 3.05) is 19.5 Å². The van der Waals surface area contributed by atoms with Crippen molar-refractivity contribution in [3.63, 3.8) is 0 Å². The van der Waals surface area contributed by atoms with Crippen molar-refractivity contribution in [2.24, 2.45) is 0 Å². The number of anilines is 1. The van der Waals surface area contributed by atoms with Gasteiger partial charge in [-0.3, -0.25) is 9.59 Å². The monoisotopic (exact) mass is 362 g/mol. The number of benzene rings is 2. The topological polar surface area (TPSA) is 76.7 Å². The average molecular weight is 363 g/mol. The SMILES string of the molecule is COc1ccc(C(C)NC(=O)C(=O)Nc2ccc(Cl)cc2)c(OC)c1. The molecule has 0 aliphatic carbocycles. The Morgan fingerprint density at radius 3 is 2.28 bits per heavy atom. The first-order valence-electron chi connectivity index (χ1n) is 7.54. The van der Waals surface area contributed by atoms with E-state index in [1.807, 2.05) is 0 Å². The van der Waals surface area contributed by atoms with E-state index in [2.05, 4.69) is 10.6 Å². The lowest BCUT2D eigenvalue weighted by atomic mass is 10.1. The van der Waals surface area contributed by atoms with E-state index in [0.717, 1.165) is 5.56 Å². The summed E-state index contributed by atoms with van der Waals surface area (Å²) >= 11 is 5.78. The maximum atomic E-state index is 12.1. The summed E-state index contributed by atoms with van der Waals surface area (Å²) < 4.78 is 10.5. The average Bonchev–Trinajstić information content (AvgIpc) is 2.62. The lowest BCUT2D eigenvalue weighted by Gasteiger charge is -2.18. The van der Waals surface area contributed by atoms with E-state index in [-0.39, 0.29) is 0 Å². The normalized spacial score (nSPS) is 11.4. The molecule has 25 heavy (non-hydrogen) atoms. The van der Waals surface area contributed by atoms with Crippen molar-refractivity contribution in [1.29, 1.82) is 0 Å². The van der Waals surface area contributed by atoms with Gasteiger partial charge >= 0.3 is 11.8 Å². The largest absolute Gasteiger partial charge is 0.497 e. The molecule has 0 aliphatic rings. The summed E-state index contributed by atoms with van der Waals surface area (Å²) in [5.74, 6) is -0.313. The third-order valence-corrected chi connectivity index (χ3v) is 3.82. The molecule has 0 aliphatic heterocycles. The minimum atomic E-state index is -0.762. The molecule has 0 fully saturated rings. The number of amides is 2. The second-order valence-electron chi connectivity index (χ2n) is 5.26. The molecular formula is C18H19ClN2O4. The molecule has 0 bridgehead atoms. The molecule has 7 heteroatoms. The number of ether oxygens (including phenoxy) is 2. The molecule has 2 aromatic rings. The highest BCUT2D eigenvalue weighted by Gasteiger charge is 2.19. The number of carbonyl (C=O) groups is 2. The minimum Gasteiger partial charge on any atom is -0.497 e. The highest BCUT2D eigenvalue weighted by molar-refractivity contribution is 6.39. The molecule has 0 aromatic heterocycles. The molecule has 0 heterocycles. The fourth-order valence-corrected chi connectivity index (χ4v) is 2.36. The second kappa shape index (κ2) is 8.39. The van der Waals surface area contributed by atoms with Crippen molar-refractivity contribution in [1.82, 2.24) is 5.32 Å². The zero-order valence-electron chi connectivity index (χ0n) is 14.1. The van der Waals surface area contributed by atoms with Crippen LogP contribution in [-0.4, -0.2) is 26.0 Å². The number of carbonyl (C=O) groups excluding carboxylic acids is 2. The molecule has 2 N–H and O–H groups in total. The van der Waals surface area contributed by atoms with E-state index in [9.17, 15) is 9.59 Å². The van der Waals surface area contributed by atoms with Gasteiger partial charge in [-0.2, -0.15) is 0 Å². The van der Waals surface area contributed by atoms with Gasteiger partial charge in [-0.05, 0) is 43.3 Å². The van der Waals surface area contributed by atoms with Crippen LogP contribution in [0.3, 0.4) is 0 Å². The molecule has 6 nitrogen and oxygen atoms in total. The van der Waals surface area contributed by atoms with Gasteiger partial charge in [-0.15, -0.1) is 0 Å². The van der Waals surface area contributed by atoms with Gasteiger partial charge in [0.2, 0.25) is 0 Å². The van der Waals surface area contributed by atoms with E-state index in [1.165, 1.54) is 7.11 Å². The Balaban J connectivity index is 2.04. The molecule has 2 aromatic carbocycles. The summed E-state index contributed by atoms with van der Waals surface area (Å²) in [4.78, 5) is 24.1.